The van der Waals surface area contributed by atoms with E-state index >= 15 is 0 Å². The molecule has 1 heterocycles. The summed E-state index contributed by atoms with van der Waals surface area (Å²) in [6.45, 7) is 6.44. The van der Waals surface area contributed by atoms with E-state index in [9.17, 15) is 9.90 Å². The summed E-state index contributed by atoms with van der Waals surface area (Å²) >= 11 is 6.03. The maximum Gasteiger partial charge on any atom is 0.304 e. The molecule has 3 rings (SSSR count). The number of fused-ring (bicyclic) bond motifs is 1. The van der Waals surface area contributed by atoms with E-state index in [1.165, 1.54) is 0 Å². The largest absolute Gasteiger partial charge is 0.481 e. The summed E-state index contributed by atoms with van der Waals surface area (Å²) in [5, 5.41) is 10.1. The van der Waals surface area contributed by atoms with Crippen molar-refractivity contribution in [3.8, 4) is 0 Å². The Labute approximate surface area is 160 Å². The summed E-state index contributed by atoms with van der Waals surface area (Å²) in [7, 11) is 0. The van der Waals surface area contributed by atoms with Crippen LogP contribution in [-0.2, 0) is 11.2 Å². The standard InChI is InChI=1S/C20H25ClN2O2.H3N/c1-12(2)20-22-17-6-4-5-15(11-18(24)25)19(17)23(20)13(3)14-7-9-16(21)10-8-14;/h7-10,12-13,15H,4-6,11H2,1-3H3,(H,24,25);1H3/t13-,15?;/m1./s1. The molecule has 6 heteroatoms. The lowest BCUT2D eigenvalue weighted by Gasteiger charge is -2.27. The number of hydrogen-bond donors (Lipinski definition) is 2. The monoisotopic (exact) mass is 377 g/mol. The van der Waals surface area contributed by atoms with Crippen LogP contribution in [0.2, 0.25) is 5.02 Å². The van der Waals surface area contributed by atoms with Gasteiger partial charge in [0, 0.05) is 22.6 Å². The van der Waals surface area contributed by atoms with Crippen LogP contribution in [0.1, 0.15) is 80.7 Å². The first-order chi connectivity index (χ1) is 11.9. The third-order valence-electron chi connectivity index (χ3n) is 5.08. The molecule has 2 aromatic rings. The molecule has 142 valence electrons. The molecule has 4 N–H and O–H groups in total. The van der Waals surface area contributed by atoms with Crippen LogP contribution in [0, 0.1) is 0 Å². The van der Waals surface area contributed by atoms with Crippen LogP contribution in [0.3, 0.4) is 0 Å². The van der Waals surface area contributed by atoms with Gasteiger partial charge < -0.3 is 15.8 Å². The van der Waals surface area contributed by atoms with Gasteiger partial charge in [0.2, 0.25) is 0 Å². The van der Waals surface area contributed by atoms with Gasteiger partial charge >= 0.3 is 5.97 Å². The Hall–Kier alpha value is -1.85. The van der Waals surface area contributed by atoms with Crippen molar-refractivity contribution in [3.63, 3.8) is 0 Å². The zero-order valence-electron chi connectivity index (χ0n) is 15.7. The summed E-state index contributed by atoms with van der Waals surface area (Å²) in [6, 6.07) is 7.98. The van der Waals surface area contributed by atoms with Gasteiger partial charge in [-0.05, 0) is 43.9 Å². The molecule has 5 nitrogen and oxygen atoms in total. The van der Waals surface area contributed by atoms with E-state index in [1.54, 1.807) is 0 Å². The molecule has 0 saturated carbocycles. The second-order valence-corrected chi connectivity index (χ2v) is 7.68. The molecule has 0 radical (unpaired) electrons. The maximum atomic E-state index is 11.4. The summed E-state index contributed by atoms with van der Waals surface area (Å²) < 4.78 is 2.29. The highest BCUT2D eigenvalue weighted by atomic mass is 35.5. The van der Waals surface area contributed by atoms with Crippen molar-refractivity contribution in [2.45, 2.75) is 64.3 Å². The minimum atomic E-state index is -0.740. The number of rotatable bonds is 5. The molecule has 1 aromatic heterocycles. The van der Waals surface area contributed by atoms with Crippen LogP contribution >= 0.6 is 11.6 Å². The predicted octanol–water partition coefficient (Wildman–Crippen LogP) is 5.33. The molecule has 0 aliphatic heterocycles. The lowest BCUT2D eigenvalue weighted by Crippen LogP contribution is -2.21. The van der Waals surface area contributed by atoms with Gasteiger partial charge in [-0.25, -0.2) is 4.98 Å². The second-order valence-electron chi connectivity index (χ2n) is 7.24. The number of benzene rings is 1. The fourth-order valence-corrected chi connectivity index (χ4v) is 4.02. The molecule has 0 saturated heterocycles. The molecular formula is C20H28ClN3O2. The van der Waals surface area contributed by atoms with Gasteiger partial charge in [-0.2, -0.15) is 0 Å². The molecule has 1 aromatic carbocycles. The lowest BCUT2D eigenvalue weighted by molar-refractivity contribution is -0.137. The Morgan fingerprint density at radius 2 is 1.96 bits per heavy atom. The Morgan fingerprint density at radius 3 is 2.54 bits per heavy atom. The lowest BCUT2D eigenvalue weighted by atomic mass is 9.87. The Morgan fingerprint density at radius 1 is 1.31 bits per heavy atom. The molecule has 0 amide bonds. The highest BCUT2D eigenvalue weighted by Gasteiger charge is 2.32. The van der Waals surface area contributed by atoms with E-state index < -0.39 is 5.97 Å². The SMILES string of the molecule is CC(C)c1nc2c(n1[C@H](C)c1ccc(Cl)cc1)C(CC(=O)O)CCC2.N. The molecule has 2 atom stereocenters. The van der Waals surface area contributed by atoms with Gasteiger partial charge in [0.15, 0.2) is 0 Å². The average molecular weight is 378 g/mol. The summed E-state index contributed by atoms with van der Waals surface area (Å²) in [5.41, 5.74) is 3.37. The highest BCUT2D eigenvalue weighted by Crippen LogP contribution is 2.39. The number of aliphatic carboxylic acids is 1. The third kappa shape index (κ3) is 3.94. The number of carboxylic acid groups (broad SMARTS) is 1. The number of hydrogen-bond acceptors (Lipinski definition) is 3. The van der Waals surface area contributed by atoms with Crippen molar-refractivity contribution < 1.29 is 9.90 Å². The van der Waals surface area contributed by atoms with Crippen molar-refractivity contribution in [1.29, 1.82) is 0 Å². The topological polar surface area (TPSA) is 90.1 Å². The van der Waals surface area contributed by atoms with Crippen LogP contribution < -0.4 is 6.15 Å². The van der Waals surface area contributed by atoms with Crippen molar-refractivity contribution in [1.82, 2.24) is 15.7 Å². The fraction of sp³-hybridized carbons (Fsp3) is 0.500. The van der Waals surface area contributed by atoms with Crippen LogP contribution in [-0.4, -0.2) is 20.6 Å². The fourth-order valence-electron chi connectivity index (χ4n) is 3.89. The minimum absolute atomic E-state index is 0. The highest BCUT2D eigenvalue weighted by molar-refractivity contribution is 6.30. The first-order valence-electron chi connectivity index (χ1n) is 8.96. The molecule has 0 spiro atoms. The van der Waals surface area contributed by atoms with Gasteiger partial charge in [-0.15, -0.1) is 0 Å². The number of carbonyl (C=O) groups is 1. The second kappa shape index (κ2) is 8.23. The van der Waals surface area contributed by atoms with E-state index in [-0.39, 0.29) is 30.4 Å². The van der Waals surface area contributed by atoms with E-state index in [0.29, 0.717) is 0 Å². The first-order valence-corrected chi connectivity index (χ1v) is 9.34. The van der Waals surface area contributed by atoms with Crippen molar-refractivity contribution in [2.75, 3.05) is 0 Å². The summed E-state index contributed by atoms with van der Waals surface area (Å²) in [5.74, 6) is 0.627. The third-order valence-corrected chi connectivity index (χ3v) is 5.33. The van der Waals surface area contributed by atoms with Crippen LogP contribution in [0.15, 0.2) is 24.3 Å². The average Bonchev–Trinajstić information content (AvgIpc) is 2.95. The van der Waals surface area contributed by atoms with E-state index in [1.807, 2.05) is 24.3 Å². The molecule has 26 heavy (non-hydrogen) atoms. The van der Waals surface area contributed by atoms with E-state index in [4.69, 9.17) is 16.6 Å². The normalized spacial score (nSPS) is 17.5. The predicted molar refractivity (Wildman–Crippen MR) is 105 cm³/mol. The van der Waals surface area contributed by atoms with Gasteiger partial charge in [-0.1, -0.05) is 37.6 Å². The van der Waals surface area contributed by atoms with Gasteiger partial charge in [0.1, 0.15) is 5.82 Å². The molecular weight excluding hydrogens is 350 g/mol. The van der Waals surface area contributed by atoms with Crippen molar-refractivity contribution in [2.24, 2.45) is 0 Å². The Balaban J connectivity index is 0.00000243. The van der Waals surface area contributed by atoms with Gasteiger partial charge in [-0.3, -0.25) is 4.79 Å². The summed E-state index contributed by atoms with van der Waals surface area (Å²) in [6.07, 6.45) is 3.03. The smallest absolute Gasteiger partial charge is 0.304 e. The van der Waals surface area contributed by atoms with Crippen LogP contribution in [0.5, 0.6) is 0 Å². The first kappa shape index (κ1) is 20.5. The molecule has 0 bridgehead atoms. The molecule has 1 aliphatic rings. The van der Waals surface area contributed by atoms with Crippen molar-refractivity contribution >= 4 is 17.6 Å². The number of imidazole rings is 1. The zero-order valence-corrected chi connectivity index (χ0v) is 16.5. The van der Waals surface area contributed by atoms with E-state index in [0.717, 1.165) is 47.1 Å². The Kier molecular flexibility index (Phi) is 6.48. The van der Waals surface area contributed by atoms with Gasteiger partial charge in [0.25, 0.3) is 0 Å². The minimum Gasteiger partial charge on any atom is -0.481 e. The number of carboxylic acids is 1. The zero-order chi connectivity index (χ0) is 18.1. The van der Waals surface area contributed by atoms with E-state index in [2.05, 4.69) is 25.3 Å². The number of aromatic nitrogens is 2. The number of nitrogens with zero attached hydrogens (tertiary/aromatic N) is 2. The Bertz CT molecular complexity index is 768. The van der Waals surface area contributed by atoms with Crippen molar-refractivity contribution in [3.05, 3.63) is 52.1 Å². The number of halogens is 1. The van der Waals surface area contributed by atoms with Crippen LogP contribution in [0.4, 0.5) is 0 Å². The molecule has 1 unspecified atom stereocenters. The molecule has 0 fully saturated rings. The van der Waals surface area contributed by atoms with Gasteiger partial charge in [0.05, 0.1) is 18.2 Å². The molecule has 1 aliphatic carbocycles. The maximum absolute atomic E-state index is 11.4. The number of aryl methyl sites for hydroxylation is 1. The van der Waals surface area contributed by atoms with Crippen LogP contribution in [0.25, 0.3) is 0 Å². The summed E-state index contributed by atoms with van der Waals surface area (Å²) in [4.78, 5) is 16.3. The quantitative estimate of drug-likeness (QED) is 0.737.